The molecule has 4 aromatic rings. The van der Waals surface area contributed by atoms with Crippen molar-refractivity contribution in [2.24, 2.45) is 0 Å². The molecule has 0 aliphatic carbocycles. The minimum absolute atomic E-state index is 0.239. The van der Waals surface area contributed by atoms with Gasteiger partial charge in [-0.05, 0) is 47.5 Å². The average Bonchev–Trinajstić information content (AvgIpc) is 3.16. The molecule has 2 aromatic heterocycles. The van der Waals surface area contributed by atoms with Crippen LogP contribution in [0, 0.1) is 11.6 Å². The lowest BCUT2D eigenvalue weighted by atomic mass is 10.0. The Kier molecular flexibility index (Phi) is 7.05. The van der Waals surface area contributed by atoms with Gasteiger partial charge >= 0.3 is 6.03 Å². The summed E-state index contributed by atoms with van der Waals surface area (Å²) < 4.78 is 28.8. The number of hydrogen-bond acceptors (Lipinski definition) is 3. The Morgan fingerprint density at radius 1 is 1.11 bits per heavy atom. The SMILES string of the molecule is O=C(NCc1ccnc(Cl)c1)n1c2c(c3ccc(Cl)cc31)CN(CC=Cc1ccc(F)cc1F)CC2. The van der Waals surface area contributed by atoms with Crippen LogP contribution in [-0.4, -0.2) is 33.6 Å². The predicted molar refractivity (Wildman–Crippen MR) is 138 cm³/mol. The molecule has 0 unspecified atom stereocenters. The van der Waals surface area contributed by atoms with E-state index >= 15 is 0 Å². The first-order valence-corrected chi connectivity index (χ1v) is 12.2. The van der Waals surface area contributed by atoms with Gasteiger partial charge in [-0.1, -0.05) is 41.4 Å². The summed E-state index contributed by atoms with van der Waals surface area (Å²) in [6, 6.07) is 12.4. The number of nitrogens with one attached hydrogen (secondary N) is 1. The van der Waals surface area contributed by atoms with E-state index in [1.807, 2.05) is 18.2 Å². The monoisotopic (exact) mass is 526 g/mol. The molecule has 0 atom stereocenters. The zero-order valence-electron chi connectivity index (χ0n) is 19.1. The number of halogens is 4. The number of pyridine rings is 1. The second kappa shape index (κ2) is 10.4. The quantitative estimate of drug-likeness (QED) is 0.304. The van der Waals surface area contributed by atoms with E-state index < -0.39 is 11.6 Å². The van der Waals surface area contributed by atoms with Crippen molar-refractivity contribution in [2.75, 3.05) is 13.1 Å². The molecule has 1 amide bonds. The van der Waals surface area contributed by atoms with Crippen molar-refractivity contribution in [3.63, 3.8) is 0 Å². The fourth-order valence-electron chi connectivity index (χ4n) is 4.55. The maximum Gasteiger partial charge on any atom is 0.326 e. The first-order chi connectivity index (χ1) is 17.4. The van der Waals surface area contributed by atoms with Crippen LogP contribution in [0.3, 0.4) is 0 Å². The van der Waals surface area contributed by atoms with Gasteiger partial charge in [0, 0.05) is 66.5 Å². The van der Waals surface area contributed by atoms with Gasteiger partial charge in [-0.15, -0.1) is 0 Å². The summed E-state index contributed by atoms with van der Waals surface area (Å²) in [7, 11) is 0. The Balaban J connectivity index is 1.37. The standard InChI is InChI=1S/C27H22Cl2F2N4O/c28-19-4-6-21-22-16-34(10-1-2-18-3-5-20(30)14-23(18)31)11-8-24(22)35(25(21)13-19)27(36)33-15-17-7-9-32-26(29)12-17/h1-7,9,12-14H,8,10-11,15-16H2,(H,33,36). The van der Waals surface area contributed by atoms with Gasteiger partial charge in [0.25, 0.3) is 0 Å². The number of rotatable bonds is 5. The molecule has 3 heterocycles. The lowest BCUT2D eigenvalue weighted by Crippen LogP contribution is -2.34. The van der Waals surface area contributed by atoms with Crippen LogP contribution in [0.25, 0.3) is 17.0 Å². The second-order valence-corrected chi connectivity index (χ2v) is 9.44. The Morgan fingerprint density at radius 2 is 1.97 bits per heavy atom. The highest BCUT2D eigenvalue weighted by atomic mass is 35.5. The van der Waals surface area contributed by atoms with Gasteiger partial charge < -0.3 is 5.32 Å². The molecule has 0 saturated heterocycles. The molecule has 184 valence electrons. The van der Waals surface area contributed by atoms with Crippen LogP contribution >= 0.6 is 23.2 Å². The number of fused-ring (bicyclic) bond motifs is 3. The third-order valence-electron chi connectivity index (χ3n) is 6.25. The summed E-state index contributed by atoms with van der Waals surface area (Å²) in [5, 5.41) is 4.86. The highest BCUT2D eigenvalue weighted by molar-refractivity contribution is 6.31. The lowest BCUT2D eigenvalue weighted by molar-refractivity contribution is 0.240. The van der Waals surface area contributed by atoms with Crippen LogP contribution in [0.4, 0.5) is 13.6 Å². The van der Waals surface area contributed by atoms with Crippen molar-refractivity contribution in [3.05, 3.63) is 105 Å². The summed E-state index contributed by atoms with van der Waals surface area (Å²) in [4.78, 5) is 19.5. The summed E-state index contributed by atoms with van der Waals surface area (Å²) in [6.45, 7) is 2.25. The molecule has 0 bridgehead atoms. The molecule has 5 rings (SSSR count). The van der Waals surface area contributed by atoms with E-state index in [1.54, 1.807) is 35.0 Å². The summed E-state index contributed by atoms with van der Waals surface area (Å²) in [5.41, 5.74) is 3.96. The summed E-state index contributed by atoms with van der Waals surface area (Å²) >= 11 is 12.2. The van der Waals surface area contributed by atoms with E-state index in [4.69, 9.17) is 23.2 Å². The second-order valence-electron chi connectivity index (χ2n) is 8.62. The minimum Gasteiger partial charge on any atom is -0.333 e. The number of benzene rings is 2. The summed E-state index contributed by atoms with van der Waals surface area (Å²) in [6.07, 6.45) is 5.79. The van der Waals surface area contributed by atoms with E-state index in [0.29, 0.717) is 41.8 Å². The molecular formula is C27H22Cl2F2N4O. The Morgan fingerprint density at radius 3 is 2.78 bits per heavy atom. The number of hydrogen-bond donors (Lipinski definition) is 1. The molecule has 0 spiro atoms. The molecule has 0 saturated carbocycles. The smallest absolute Gasteiger partial charge is 0.326 e. The highest BCUT2D eigenvalue weighted by Gasteiger charge is 2.26. The van der Waals surface area contributed by atoms with Crippen molar-refractivity contribution in [2.45, 2.75) is 19.5 Å². The van der Waals surface area contributed by atoms with Crippen LogP contribution in [0.5, 0.6) is 0 Å². The van der Waals surface area contributed by atoms with Crippen LogP contribution in [0.1, 0.15) is 22.4 Å². The van der Waals surface area contributed by atoms with Gasteiger partial charge in [-0.3, -0.25) is 9.47 Å². The van der Waals surface area contributed by atoms with Crippen LogP contribution in [0.2, 0.25) is 10.2 Å². The number of nitrogens with zero attached hydrogens (tertiary/aromatic N) is 3. The lowest BCUT2D eigenvalue weighted by Gasteiger charge is -2.27. The number of amides is 1. The van der Waals surface area contributed by atoms with Crippen molar-refractivity contribution < 1.29 is 13.6 Å². The molecule has 1 N–H and O–H groups in total. The van der Waals surface area contributed by atoms with Gasteiger partial charge in [0.05, 0.1) is 5.52 Å². The zero-order valence-corrected chi connectivity index (χ0v) is 20.7. The molecule has 5 nitrogen and oxygen atoms in total. The molecule has 0 fully saturated rings. The largest absolute Gasteiger partial charge is 0.333 e. The number of carbonyl (C=O) groups is 1. The minimum atomic E-state index is -0.599. The first kappa shape index (κ1) is 24.4. The van der Waals surface area contributed by atoms with Crippen LogP contribution in [0.15, 0.2) is 60.8 Å². The van der Waals surface area contributed by atoms with Crippen molar-refractivity contribution >= 4 is 46.2 Å². The summed E-state index contributed by atoms with van der Waals surface area (Å²) in [5.74, 6) is -1.19. The van der Waals surface area contributed by atoms with E-state index in [1.165, 1.54) is 12.1 Å². The molecule has 36 heavy (non-hydrogen) atoms. The molecule has 1 aliphatic rings. The van der Waals surface area contributed by atoms with Gasteiger partial charge in [-0.25, -0.2) is 18.6 Å². The van der Waals surface area contributed by atoms with Gasteiger partial charge in [0.2, 0.25) is 0 Å². The fourth-order valence-corrected chi connectivity index (χ4v) is 4.91. The first-order valence-electron chi connectivity index (χ1n) is 11.4. The van der Waals surface area contributed by atoms with Gasteiger partial charge in [0.1, 0.15) is 16.8 Å². The highest BCUT2D eigenvalue weighted by Crippen LogP contribution is 2.32. The third kappa shape index (κ3) is 5.14. The molecular weight excluding hydrogens is 505 g/mol. The van der Waals surface area contributed by atoms with Gasteiger partial charge in [0.15, 0.2) is 0 Å². The van der Waals surface area contributed by atoms with Crippen LogP contribution < -0.4 is 5.32 Å². The predicted octanol–water partition coefficient (Wildman–Crippen LogP) is 6.45. The topological polar surface area (TPSA) is 50.2 Å². The Hall–Kier alpha value is -3.26. The average molecular weight is 527 g/mol. The van der Waals surface area contributed by atoms with Gasteiger partial charge in [-0.2, -0.15) is 0 Å². The number of aromatic nitrogens is 2. The van der Waals surface area contributed by atoms with E-state index in [0.717, 1.165) is 40.3 Å². The van der Waals surface area contributed by atoms with E-state index in [2.05, 4.69) is 15.2 Å². The van der Waals surface area contributed by atoms with Crippen molar-refractivity contribution in [3.8, 4) is 0 Å². The van der Waals surface area contributed by atoms with E-state index in [-0.39, 0.29) is 6.03 Å². The Bertz CT molecular complexity index is 1480. The molecule has 9 heteroatoms. The molecule has 2 aromatic carbocycles. The maximum atomic E-state index is 13.9. The molecule has 1 aliphatic heterocycles. The van der Waals surface area contributed by atoms with Crippen molar-refractivity contribution in [1.82, 2.24) is 19.8 Å². The fraction of sp³-hybridized carbons (Fsp3) is 0.185. The maximum absolute atomic E-state index is 13.9. The Labute approximate surface area is 216 Å². The third-order valence-corrected chi connectivity index (χ3v) is 6.69. The zero-order chi connectivity index (χ0) is 25.2. The number of carbonyl (C=O) groups excluding carboxylic acids is 1. The van der Waals surface area contributed by atoms with Crippen LogP contribution in [-0.2, 0) is 19.5 Å². The van der Waals surface area contributed by atoms with Crippen molar-refractivity contribution in [1.29, 1.82) is 0 Å². The molecule has 0 radical (unpaired) electrons. The normalized spacial score (nSPS) is 13.9. The van der Waals surface area contributed by atoms with E-state index in [9.17, 15) is 13.6 Å².